The summed E-state index contributed by atoms with van der Waals surface area (Å²) >= 11 is 0. The summed E-state index contributed by atoms with van der Waals surface area (Å²) < 4.78 is 7.69. The van der Waals surface area contributed by atoms with Gasteiger partial charge < -0.3 is 19.6 Å². The number of rotatable bonds is 5. The summed E-state index contributed by atoms with van der Waals surface area (Å²) in [4.78, 5) is 20.4. The van der Waals surface area contributed by atoms with Gasteiger partial charge in [0.05, 0.1) is 0 Å². The Kier molecular flexibility index (Phi) is 4.75. The molecule has 3 aromatic rings. The molecule has 136 valence electrons. The number of aryl methyl sites for hydroxylation is 1. The van der Waals surface area contributed by atoms with Crippen LogP contribution in [0.1, 0.15) is 40.6 Å². The number of amides is 1. The van der Waals surface area contributed by atoms with E-state index >= 15 is 0 Å². The summed E-state index contributed by atoms with van der Waals surface area (Å²) in [5.74, 6) is 1.52. The molecule has 0 aliphatic carbocycles. The Morgan fingerprint density at radius 2 is 2.19 bits per heavy atom. The smallest absolute Gasteiger partial charge is 0.252 e. The lowest BCUT2D eigenvalue weighted by Gasteiger charge is -2.23. The number of fused-ring (bicyclic) bond motifs is 1. The molecule has 0 atom stereocenters. The van der Waals surface area contributed by atoms with Gasteiger partial charge in [-0.25, -0.2) is 4.98 Å². The number of ether oxygens (including phenoxy) is 1. The first-order valence-electron chi connectivity index (χ1n) is 9.18. The van der Waals surface area contributed by atoms with Crippen molar-refractivity contribution in [2.45, 2.75) is 32.2 Å². The van der Waals surface area contributed by atoms with Crippen LogP contribution in [-0.4, -0.2) is 40.2 Å². The van der Waals surface area contributed by atoms with Crippen molar-refractivity contribution >= 4 is 16.8 Å². The van der Waals surface area contributed by atoms with E-state index in [2.05, 4.69) is 26.8 Å². The van der Waals surface area contributed by atoms with Crippen molar-refractivity contribution in [1.29, 1.82) is 0 Å². The van der Waals surface area contributed by atoms with Crippen molar-refractivity contribution in [3.8, 4) is 0 Å². The molecule has 4 rings (SSSR count). The van der Waals surface area contributed by atoms with Crippen LogP contribution in [-0.2, 0) is 11.3 Å². The summed E-state index contributed by atoms with van der Waals surface area (Å²) in [5, 5.41) is 4.00. The number of carbonyl (C=O) groups excluding carboxylic acids is 1. The molecule has 1 fully saturated rings. The van der Waals surface area contributed by atoms with Gasteiger partial charge in [0.2, 0.25) is 0 Å². The van der Waals surface area contributed by atoms with Gasteiger partial charge in [-0.05, 0) is 38.0 Å². The Labute approximate surface area is 152 Å². The first-order valence-corrected chi connectivity index (χ1v) is 9.18. The highest BCUT2D eigenvalue weighted by Crippen LogP contribution is 2.26. The molecule has 1 amide bonds. The molecule has 2 N–H and O–H groups in total. The second kappa shape index (κ2) is 7.33. The minimum atomic E-state index is -0.0411. The number of hydrogen-bond donors (Lipinski definition) is 2. The third-order valence-corrected chi connectivity index (χ3v) is 5.13. The van der Waals surface area contributed by atoms with Gasteiger partial charge in [0.1, 0.15) is 5.82 Å². The van der Waals surface area contributed by atoms with Gasteiger partial charge in [0.25, 0.3) is 5.91 Å². The summed E-state index contributed by atoms with van der Waals surface area (Å²) in [5.41, 5.74) is 2.81. The molecule has 2 aromatic heterocycles. The SMILES string of the molecule is Cc1cnc(C2CCOCC2)n1CCNC(=O)c1cccc2[nH]ccc12. The fraction of sp³-hybridized carbons (Fsp3) is 0.400. The number of carbonyl (C=O) groups is 1. The highest BCUT2D eigenvalue weighted by Gasteiger charge is 2.21. The minimum absolute atomic E-state index is 0.0411. The molecular weight excluding hydrogens is 328 g/mol. The lowest BCUT2D eigenvalue weighted by molar-refractivity contribution is 0.0827. The first-order chi connectivity index (χ1) is 12.7. The molecule has 1 aliphatic heterocycles. The van der Waals surface area contributed by atoms with Crippen LogP contribution in [0.4, 0.5) is 0 Å². The van der Waals surface area contributed by atoms with Gasteiger partial charge in [-0.2, -0.15) is 0 Å². The third kappa shape index (κ3) is 3.24. The average Bonchev–Trinajstić information content (AvgIpc) is 3.29. The van der Waals surface area contributed by atoms with E-state index in [0.29, 0.717) is 18.0 Å². The lowest BCUT2D eigenvalue weighted by atomic mass is 9.99. The molecule has 0 saturated carbocycles. The highest BCUT2D eigenvalue weighted by molar-refractivity contribution is 6.06. The quantitative estimate of drug-likeness (QED) is 0.741. The van der Waals surface area contributed by atoms with E-state index in [0.717, 1.165) is 55.0 Å². The normalized spacial score (nSPS) is 15.4. The number of H-pyrrole nitrogens is 1. The molecular formula is C20H24N4O2. The van der Waals surface area contributed by atoms with Crippen molar-refractivity contribution in [2.75, 3.05) is 19.8 Å². The lowest BCUT2D eigenvalue weighted by Crippen LogP contribution is -2.28. The van der Waals surface area contributed by atoms with Gasteiger partial charge in [0, 0.05) is 66.8 Å². The maximum absolute atomic E-state index is 12.6. The van der Waals surface area contributed by atoms with E-state index < -0.39 is 0 Å². The standard InChI is InChI=1S/C20H24N4O2/c1-14-13-23-19(15-6-11-26-12-7-15)24(14)10-9-22-20(25)17-3-2-4-18-16(17)5-8-21-18/h2-5,8,13,15,21H,6-7,9-12H2,1H3,(H,22,25). The van der Waals surface area contributed by atoms with Gasteiger partial charge in [0.15, 0.2) is 0 Å². The van der Waals surface area contributed by atoms with Crippen molar-refractivity contribution in [2.24, 2.45) is 0 Å². The number of aromatic amines is 1. The molecule has 0 spiro atoms. The van der Waals surface area contributed by atoms with E-state index in [1.54, 1.807) is 0 Å². The van der Waals surface area contributed by atoms with Gasteiger partial charge in [-0.1, -0.05) is 6.07 Å². The van der Waals surface area contributed by atoms with Gasteiger partial charge >= 0.3 is 0 Å². The number of aromatic nitrogens is 3. The van der Waals surface area contributed by atoms with Crippen molar-refractivity contribution in [3.63, 3.8) is 0 Å². The van der Waals surface area contributed by atoms with Crippen LogP contribution >= 0.6 is 0 Å². The predicted molar refractivity (Wildman–Crippen MR) is 100 cm³/mol. The Morgan fingerprint density at radius 3 is 3.04 bits per heavy atom. The summed E-state index contributed by atoms with van der Waals surface area (Å²) in [6, 6.07) is 7.67. The number of nitrogens with one attached hydrogen (secondary N) is 2. The zero-order valence-electron chi connectivity index (χ0n) is 15.0. The summed E-state index contributed by atoms with van der Waals surface area (Å²) in [6.45, 7) is 4.97. The topological polar surface area (TPSA) is 71.9 Å². The van der Waals surface area contributed by atoms with Gasteiger partial charge in [-0.3, -0.25) is 4.79 Å². The molecule has 0 bridgehead atoms. The van der Waals surface area contributed by atoms with E-state index in [-0.39, 0.29) is 5.91 Å². The molecule has 0 radical (unpaired) electrons. The first kappa shape index (κ1) is 16.8. The van der Waals surface area contributed by atoms with Crippen LogP contribution in [0.3, 0.4) is 0 Å². The second-order valence-electron chi connectivity index (χ2n) is 6.80. The number of hydrogen-bond acceptors (Lipinski definition) is 3. The van der Waals surface area contributed by atoms with Crippen molar-refractivity contribution < 1.29 is 9.53 Å². The highest BCUT2D eigenvalue weighted by atomic mass is 16.5. The molecule has 0 unspecified atom stereocenters. The van der Waals surface area contributed by atoms with Crippen LogP contribution in [0.25, 0.3) is 10.9 Å². The van der Waals surface area contributed by atoms with Crippen LogP contribution in [0, 0.1) is 6.92 Å². The Morgan fingerprint density at radius 1 is 1.35 bits per heavy atom. The Balaban J connectivity index is 1.43. The Bertz CT molecular complexity index is 906. The van der Waals surface area contributed by atoms with Gasteiger partial charge in [-0.15, -0.1) is 0 Å². The van der Waals surface area contributed by atoms with Crippen LogP contribution in [0.2, 0.25) is 0 Å². The van der Waals surface area contributed by atoms with E-state index in [9.17, 15) is 4.79 Å². The third-order valence-electron chi connectivity index (χ3n) is 5.13. The monoisotopic (exact) mass is 352 g/mol. The molecule has 6 heteroatoms. The van der Waals surface area contributed by atoms with Crippen LogP contribution in [0.5, 0.6) is 0 Å². The van der Waals surface area contributed by atoms with E-state index in [1.807, 2.05) is 36.7 Å². The maximum Gasteiger partial charge on any atom is 0.252 e. The molecule has 1 saturated heterocycles. The Hall–Kier alpha value is -2.60. The van der Waals surface area contributed by atoms with Crippen LogP contribution in [0.15, 0.2) is 36.7 Å². The predicted octanol–water partition coefficient (Wildman–Crippen LogP) is 3.00. The van der Waals surface area contributed by atoms with Crippen LogP contribution < -0.4 is 5.32 Å². The summed E-state index contributed by atoms with van der Waals surface area (Å²) in [6.07, 6.45) is 5.81. The minimum Gasteiger partial charge on any atom is -0.381 e. The maximum atomic E-state index is 12.6. The molecule has 1 aliphatic rings. The molecule has 6 nitrogen and oxygen atoms in total. The number of benzene rings is 1. The molecule has 3 heterocycles. The largest absolute Gasteiger partial charge is 0.381 e. The fourth-order valence-electron chi connectivity index (χ4n) is 3.71. The fourth-order valence-corrected chi connectivity index (χ4v) is 3.71. The number of imidazole rings is 1. The average molecular weight is 352 g/mol. The van der Waals surface area contributed by atoms with Crippen molar-refractivity contribution in [3.05, 3.63) is 53.7 Å². The van der Waals surface area contributed by atoms with E-state index in [4.69, 9.17) is 4.74 Å². The second-order valence-corrected chi connectivity index (χ2v) is 6.80. The molecule has 26 heavy (non-hydrogen) atoms. The zero-order chi connectivity index (χ0) is 17.9. The van der Waals surface area contributed by atoms with E-state index in [1.165, 1.54) is 0 Å². The van der Waals surface area contributed by atoms with Crippen molar-refractivity contribution in [1.82, 2.24) is 19.9 Å². The molecule has 1 aromatic carbocycles. The zero-order valence-corrected chi connectivity index (χ0v) is 15.0. The number of nitrogens with zero attached hydrogens (tertiary/aromatic N) is 2. The summed E-state index contributed by atoms with van der Waals surface area (Å²) in [7, 11) is 0.